The highest BCUT2D eigenvalue weighted by molar-refractivity contribution is 6.31. The van der Waals surface area contributed by atoms with Crippen molar-refractivity contribution in [3.63, 3.8) is 0 Å². The van der Waals surface area contributed by atoms with Crippen LogP contribution in [0.15, 0.2) is 30.6 Å². The minimum Gasteiger partial charge on any atom is -0.484 e. The number of halogens is 5. The highest BCUT2D eigenvalue weighted by Gasteiger charge is 2.20. The zero-order valence-corrected chi connectivity index (χ0v) is 15.5. The molecule has 1 N–H and O–H groups in total. The van der Waals surface area contributed by atoms with E-state index in [9.17, 15) is 27.7 Å². The van der Waals surface area contributed by atoms with Gasteiger partial charge in [0, 0.05) is 12.1 Å². The molecule has 0 saturated heterocycles. The van der Waals surface area contributed by atoms with E-state index >= 15 is 0 Å². The van der Waals surface area contributed by atoms with E-state index in [1.54, 1.807) is 0 Å². The van der Waals surface area contributed by atoms with Crippen LogP contribution in [0.1, 0.15) is 0 Å². The monoisotopic (exact) mass is 446 g/mol. The number of nitrogens with zero attached hydrogens (tertiary/aromatic N) is 3. The summed E-state index contributed by atoms with van der Waals surface area (Å²) in [6.45, 7) is -3.86. The van der Waals surface area contributed by atoms with Crippen molar-refractivity contribution in [2.45, 2.75) is 6.61 Å². The first kappa shape index (κ1) is 21.5. The Morgan fingerprint density at radius 3 is 2.67 bits per heavy atom. The fourth-order valence-corrected chi connectivity index (χ4v) is 2.63. The van der Waals surface area contributed by atoms with E-state index in [1.165, 1.54) is 6.07 Å². The van der Waals surface area contributed by atoms with Crippen LogP contribution in [-0.4, -0.2) is 34.7 Å². The smallest absolute Gasteiger partial charge is 0.345 e. The Morgan fingerprint density at radius 2 is 1.97 bits per heavy atom. The zero-order chi connectivity index (χ0) is 21.8. The zero-order valence-electron chi connectivity index (χ0n) is 14.7. The molecule has 0 radical (unpaired) electrons. The second-order valence-corrected chi connectivity index (χ2v) is 6.02. The maximum absolute atomic E-state index is 14.2. The largest absolute Gasteiger partial charge is 0.484 e. The highest BCUT2D eigenvalue weighted by Crippen LogP contribution is 2.35. The maximum Gasteiger partial charge on any atom is 0.345 e. The molecule has 0 bridgehead atoms. The van der Waals surface area contributed by atoms with Crippen LogP contribution in [0.3, 0.4) is 0 Å². The van der Waals surface area contributed by atoms with Crippen LogP contribution in [0.25, 0.3) is 10.9 Å². The van der Waals surface area contributed by atoms with Crippen molar-refractivity contribution >= 4 is 39.7 Å². The summed E-state index contributed by atoms with van der Waals surface area (Å²) in [5, 5.41) is 13.4. The number of alkyl halides is 2. The van der Waals surface area contributed by atoms with E-state index in [1.807, 2.05) is 0 Å². The second kappa shape index (κ2) is 9.05. The maximum atomic E-state index is 14.2. The second-order valence-electron chi connectivity index (χ2n) is 5.64. The van der Waals surface area contributed by atoms with E-state index in [-0.39, 0.29) is 34.8 Å². The average Bonchev–Trinajstić information content (AvgIpc) is 2.71. The van der Waals surface area contributed by atoms with Crippen LogP contribution in [0.5, 0.6) is 5.75 Å². The molecule has 1 aromatic heterocycles. The van der Waals surface area contributed by atoms with E-state index in [0.29, 0.717) is 0 Å². The lowest BCUT2D eigenvalue weighted by molar-refractivity contribution is -0.385. The Morgan fingerprint density at radius 1 is 1.20 bits per heavy atom. The lowest BCUT2D eigenvalue weighted by Crippen LogP contribution is -2.10. The van der Waals surface area contributed by atoms with Gasteiger partial charge in [0.1, 0.15) is 29.6 Å². The van der Waals surface area contributed by atoms with Crippen molar-refractivity contribution in [3.05, 3.63) is 57.4 Å². The Bertz CT molecular complexity index is 1100. The van der Waals surface area contributed by atoms with Crippen molar-refractivity contribution < 1.29 is 32.0 Å². The molecule has 3 aromatic rings. The lowest BCUT2D eigenvalue weighted by Gasteiger charge is -2.12. The summed E-state index contributed by atoms with van der Waals surface area (Å²) in [4.78, 5) is 18.5. The number of nitro benzene ring substituents is 1. The molecule has 0 atom stereocenters. The summed E-state index contributed by atoms with van der Waals surface area (Å²) in [6, 6.07) is 4.30. The van der Waals surface area contributed by atoms with Gasteiger partial charge in [0.05, 0.1) is 28.1 Å². The minimum absolute atomic E-state index is 0.0164. The van der Waals surface area contributed by atoms with E-state index < -0.39 is 40.5 Å². The van der Waals surface area contributed by atoms with Gasteiger partial charge in [-0.25, -0.2) is 18.7 Å². The normalized spacial score (nSPS) is 11.1. The first-order valence-electron chi connectivity index (χ1n) is 8.14. The van der Waals surface area contributed by atoms with Crippen LogP contribution in [-0.2, 0) is 4.74 Å². The third-order valence-corrected chi connectivity index (χ3v) is 4.13. The van der Waals surface area contributed by atoms with Gasteiger partial charge in [-0.05, 0) is 12.1 Å². The molecule has 8 nitrogen and oxygen atoms in total. The number of aromatic nitrogens is 2. The Hall–Kier alpha value is -3.25. The predicted molar refractivity (Wildman–Crippen MR) is 98.3 cm³/mol. The third-order valence-electron chi connectivity index (χ3n) is 3.79. The van der Waals surface area contributed by atoms with Gasteiger partial charge in [-0.2, -0.15) is 8.78 Å². The van der Waals surface area contributed by atoms with Crippen LogP contribution in [0.4, 0.5) is 34.8 Å². The molecule has 13 heteroatoms. The van der Waals surface area contributed by atoms with E-state index in [2.05, 4.69) is 20.0 Å². The lowest BCUT2D eigenvalue weighted by atomic mass is 10.2. The first-order valence-corrected chi connectivity index (χ1v) is 8.52. The van der Waals surface area contributed by atoms with Crippen molar-refractivity contribution in [2.75, 3.05) is 18.5 Å². The van der Waals surface area contributed by atoms with Crippen LogP contribution < -0.4 is 10.1 Å². The molecule has 0 aliphatic heterocycles. The number of hydrogen-bond donors (Lipinski definition) is 1. The topological polar surface area (TPSA) is 99.4 Å². The fraction of sp³-hybridized carbons (Fsp3) is 0.176. The van der Waals surface area contributed by atoms with Gasteiger partial charge in [0.15, 0.2) is 11.6 Å². The molecule has 3 rings (SSSR count). The quantitative estimate of drug-likeness (QED) is 0.174. The predicted octanol–water partition coefficient (Wildman–Crippen LogP) is 4.83. The molecule has 30 heavy (non-hydrogen) atoms. The highest BCUT2D eigenvalue weighted by atomic mass is 35.5. The number of nitro groups is 1. The number of ether oxygens (including phenoxy) is 2. The molecule has 0 aliphatic carbocycles. The third kappa shape index (κ3) is 4.66. The molecule has 0 unspecified atom stereocenters. The molecular formula is C17H11ClF4N4O4. The number of benzene rings is 2. The fourth-order valence-electron chi connectivity index (χ4n) is 2.47. The summed E-state index contributed by atoms with van der Waals surface area (Å²) < 4.78 is 60.7. The molecule has 0 amide bonds. The molecule has 0 saturated carbocycles. The summed E-state index contributed by atoms with van der Waals surface area (Å²) in [6.07, 6.45) is 1.10. The summed E-state index contributed by atoms with van der Waals surface area (Å²) in [5.74, 6) is -2.28. The molecule has 2 aromatic carbocycles. The van der Waals surface area contributed by atoms with Gasteiger partial charge >= 0.3 is 12.3 Å². The Kier molecular flexibility index (Phi) is 6.47. The van der Waals surface area contributed by atoms with Crippen molar-refractivity contribution in [1.82, 2.24) is 9.97 Å². The van der Waals surface area contributed by atoms with Crippen LogP contribution in [0, 0.1) is 21.7 Å². The Labute approximate surface area is 170 Å². The van der Waals surface area contributed by atoms with Gasteiger partial charge in [-0.15, -0.1) is 0 Å². The van der Waals surface area contributed by atoms with Crippen molar-refractivity contribution in [1.29, 1.82) is 0 Å². The molecule has 0 fully saturated rings. The first-order chi connectivity index (χ1) is 14.3. The molecule has 158 valence electrons. The van der Waals surface area contributed by atoms with Gasteiger partial charge in [-0.3, -0.25) is 10.1 Å². The molecule has 0 aliphatic rings. The van der Waals surface area contributed by atoms with E-state index in [4.69, 9.17) is 16.3 Å². The number of hydrogen-bond acceptors (Lipinski definition) is 7. The molecule has 1 heterocycles. The number of nitrogens with one attached hydrogen (secondary N) is 1. The number of rotatable bonds is 8. The summed E-state index contributed by atoms with van der Waals surface area (Å²) in [5.41, 5.74) is -0.542. The van der Waals surface area contributed by atoms with Crippen LogP contribution in [0.2, 0.25) is 5.02 Å². The average molecular weight is 447 g/mol. The molecular weight excluding hydrogens is 436 g/mol. The van der Waals surface area contributed by atoms with Crippen molar-refractivity contribution in [3.8, 4) is 5.75 Å². The Balaban J connectivity index is 1.97. The summed E-state index contributed by atoms with van der Waals surface area (Å²) >= 11 is 5.55. The van der Waals surface area contributed by atoms with Crippen LogP contribution >= 0.6 is 11.6 Å². The summed E-state index contributed by atoms with van der Waals surface area (Å²) in [7, 11) is 0. The van der Waals surface area contributed by atoms with Gasteiger partial charge in [-0.1, -0.05) is 11.6 Å². The minimum atomic E-state index is -3.00. The van der Waals surface area contributed by atoms with Gasteiger partial charge < -0.3 is 14.8 Å². The standard InChI is InChI=1S/C17H11ClF4N4O4/c18-14-9(19)1-2-10(15(14)20)25-16-8-5-12(26(27)28)13(6-11(8)23-7-24-16)29-3-4-30-17(21)22/h1-2,5-7,17H,3-4H2,(H,23,24,25). The number of anilines is 2. The SMILES string of the molecule is O=[N+]([O-])c1cc2c(Nc3ccc(F)c(Cl)c3F)ncnc2cc1OCCOC(F)F. The molecule has 0 spiro atoms. The van der Waals surface area contributed by atoms with Gasteiger partial charge in [0.25, 0.3) is 0 Å². The number of fused-ring (bicyclic) bond motifs is 1. The van der Waals surface area contributed by atoms with Crippen molar-refractivity contribution in [2.24, 2.45) is 0 Å². The van der Waals surface area contributed by atoms with Gasteiger partial charge in [0.2, 0.25) is 0 Å². The van der Waals surface area contributed by atoms with E-state index in [0.717, 1.165) is 24.5 Å².